The highest BCUT2D eigenvalue weighted by atomic mass is 15.1. The summed E-state index contributed by atoms with van der Waals surface area (Å²) in [5.41, 5.74) is 2.23. The van der Waals surface area contributed by atoms with E-state index in [4.69, 9.17) is 0 Å². The third kappa shape index (κ3) is 6.25. The molecule has 21 heavy (non-hydrogen) atoms. The molecule has 0 saturated carbocycles. The Hall–Kier alpha value is -2.10. The summed E-state index contributed by atoms with van der Waals surface area (Å²) in [5.74, 6) is 0.711. The quantitative estimate of drug-likeness (QED) is 0.821. The third-order valence-corrected chi connectivity index (χ3v) is 2.95. The van der Waals surface area contributed by atoms with E-state index < -0.39 is 0 Å². The minimum absolute atomic E-state index is 0.711. The number of aryl methyl sites for hydroxylation is 1. The molecule has 2 aromatic rings. The van der Waals surface area contributed by atoms with Crippen LogP contribution in [0, 0.1) is 6.92 Å². The van der Waals surface area contributed by atoms with Gasteiger partial charge in [0.25, 0.3) is 0 Å². The molecule has 2 rings (SSSR count). The van der Waals surface area contributed by atoms with Crippen molar-refractivity contribution in [2.45, 2.75) is 27.2 Å². The summed E-state index contributed by atoms with van der Waals surface area (Å²) in [6.07, 6.45) is 2.82. The first-order valence-electron chi connectivity index (χ1n) is 7.55. The standard InChI is InChI=1S/C15H20N4.C2H6/c1-13-9-11-17-15(18-13)16-10-6-12-19(2)14-7-4-3-5-8-14;1-2/h3-5,7-9,11H,6,10,12H2,1-2H3,(H,16,17,18);1-2H3. The van der Waals surface area contributed by atoms with Gasteiger partial charge in [0, 0.05) is 37.7 Å². The summed E-state index contributed by atoms with van der Waals surface area (Å²) < 4.78 is 0. The van der Waals surface area contributed by atoms with E-state index in [0.717, 1.165) is 25.2 Å². The molecule has 0 spiro atoms. The molecule has 0 aliphatic heterocycles. The van der Waals surface area contributed by atoms with Crippen molar-refractivity contribution in [2.24, 2.45) is 0 Å². The van der Waals surface area contributed by atoms with Crippen LogP contribution in [-0.2, 0) is 0 Å². The van der Waals surface area contributed by atoms with Crippen LogP contribution >= 0.6 is 0 Å². The lowest BCUT2D eigenvalue weighted by molar-refractivity contribution is 0.810. The second-order valence-corrected chi connectivity index (χ2v) is 4.56. The second kappa shape index (κ2) is 9.75. The van der Waals surface area contributed by atoms with E-state index in [-0.39, 0.29) is 0 Å². The van der Waals surface area contributed by atoms with Crippen LogP contribution in [0.5, 0.6) is 0 Å². The van der Waals surface area contributed by atoms with Crippen LogP contribution in [0.15, 0.2) is 42.6 Å². The largest absolute Gasteiger partial charge is 0.375 e. The van der Waals surface area contributed by atoms with Crippen LogP contribution in [0.1, 0.15) is 26.0 Å². The van der Waals surface area contributed by atoms with Crippen LogP contribution in [0.4, 0.5) is 11.6 Å². The zero-order chi connectivity index (χ0) is 15.5. The molecule has 0 radical (unpaired) electrons. The number of hydrogen-bond donors (Lipinski definition) is 1. The number of nitrogens with zero attached hydrogens (tertiary/aromatic N) is 3. The number of benzene rings is 1. The van der Waals surface area contributed by atoms with Gasteiger partial charge in [0.2, 0.25) is 5.95 Å². The number of hydrogen-bond acceptors (Lipinski definition) is 4. The first kappa shape index (κ1) is 17.0. The van der Waals surface area contributed by atoms with Crippen molar-refractivity contribution in [1.29, 1.82) is 0 Å². The van der Waals surface area contributed by atoms with E-state index in [1.165, 1.54) is 5.69 Å². The van der Waals surface area contributed by atoms with Crippen LogP contribution < -0.4 is 10.2 Å². The van der Waals surface area contributed by atoms with Crippen molar-refractivity contribution in [3.05, 3.63) is 48.3 Å². The van der Waals surface area contributed by atoms with Gasteiger partial charge in [-0.1, -0.05) is 32.0 Å². The summed E-state index contributed by atoms with van der Waals surface area (Å²) in [7, 11) is 2.11. The van der Waals surface area contributed by atoms with Gasteiger partial charge >= 0.3 is 0 Å². The molecule has 0 aliphatic carbocycles. The zero-order valence-corrected chi connectivity index (χ0v) is 13.5. The summed E-state index contributed by atoms with van der Waals surface area (Å²) in [6, 6.07) is 12.3. The van der Waals surface area contributed by atoms with E-state index in [2.05, 4.69) is 51.5 Å². The lowest BCUT2D eigenvalue weighted by Crippen LogP contribution is -2.21. The number of aromatic nitrogens is 2. The first-order valence-corrected chi connectivity index (χ1v) is 7.55. The topological polar surface area (TPSA) is 41.1 Å². The highest BCUT2D eigenvalue weighted by Gasteiger charge is 2.00. The smallest absolute Gasteiger partial charge is 0.222 e. The third-order valence-electron chi connectivity index (χ3n) is 2.95. The van der Waals surface area contributed by atoms with E-state index >= 15 is 0 Å². The number of rotatable bonds is 6. The van der Waals surface area contributed by atoms with Crippen molar-refractivity contribution >= 4 is 11.6 Å². The van der Waals surface area contributed by atoms with Crippen molar-refractivity contribution in [2.75, 3.05) is 30.4 Å². The Kier molecular flexibility index (Phi) is 7.87. The van der Waals surface area contributed by atoms with Gasteiger partial charge in [-0.15, -0.1) is 0 Å². The monoisotopic (exact) mass is 286 g/mol. The second-order valence-electron chi connectivity index (χ2n) is 4.56. The Bertz CT molecular complexity index is 499. The van der Waals surface area contributed by atoms with E-state index in [1.807, 2.05) is 32.9 Å². The van der Waals surface area contributed by atoms with Gasteiger partial charge in [-0.05, 0) is 31.5 Å². The van der Waals surface area contributed by atoms with Crippen LogP contribution in [0.3, 0.4) is 0 Å². The predicted octanol–water partition coefficient (Wildman–Crippen LogP) is 3.75. The Balaban J connectivity index is 0.00000106. The minimum atomic E-state index is 0.711. The molecule has 1 aromatic carbocycles. The summed E-state index contributed by atoms with van der Waals surface area (Å²) in [4.78, 5) is 10.7. The fraction of sp³-hybridized carbons (Fsp3) is 0.412. The Morgan fingerprint density at radius 2 is 1.81 bits per heavy atom. The average Bonchev–Trinajstić information content (AvgIpc) is 2.54. The van der Waals surface area contributed by atoms with Crippen LogP contribution in [-0.4, -0.2) is 30.1 Å². The lowest BCUT2D eigenvalue weighted by Gasteiger charge is -2.19. The first-order chi connectivity index (χ1) is 10.3. The molecule has 0 saturated heterocycles. The van der Waals surface area contributed by atoms with Crippen LogP contribution in [0.2, 0.25) is 0 Å². The van der Waals surface area contributed by atoms with E-state index in [0.29, 0.717) is 5.95 Å². The van der Waals surface area contributed by atoms with Crippen molar-refractivity contribution in [3.8, 4) is 0 Å². The number of anilines is 2. The molecule has 0 aliphatic rings. The predicted molar refractivity (Wildman–Crippen MR) is 90.9 cm³/mol. The zero-order valence-electron chi connectivity index (χ0n) is 13.5. The van der Waals surface area contributed by atoms with Gasteiger partial charge in [0.15, 0.2) is 0 Å². The molecule has 114 valence electrons. The molecule has 4 nitrogen and oxygen atoms in total. The maximum Gasteiger partial charge on any atom is 0.222 e. The minimum Gasteiger partial charge on any atom is -0.375 e. The normalized spacial score (nSPS) is 9.52. The summed E-state index contributed by atoms with van der Waals surface area (Å²) in [5, 5.41) is 3.24. The maximum atomic E-state index is 4.31. The molecular formula is C17H26N4. The highest BCUT2D eigenvalue weighted by Crippen LogP contribution is 2.10. The molecule has 0 atom stereocenters. The molecule has 0 bridgehead atoms. The fourth-order valence-electron chi connectivity index (χ4n) is 1.86. The van der Waals surface area contributed by atoms with Crippen molar-refractivity contribution in [1.82, 2.24) is 9.97 Å². The molecule has 0 unspecified atom stereocenters. The summed E-state index contributed by atoms with van der Waals surface area (Å²) in [6.45, 7) is 7.85. The average molecular weight is 286 g/mol. The molecule has 1 N–H and O–H groups in total. The molecule has 1 aromatic heterocycles. The van der Waals surface area contributed by atoms with Gasteiger partial charge in [0.1, 0.15) is 0 Å². The molecular weight excluding hydrogens is 260 g/mol. The van der Waals surface area contributed by atoms with Crippen molar-refractivity contribution in [3.63, 3.8) is 0 Å². The Morgan fingerprint density at radius 1 is 1.10 bits per heavy atom. The highest BCUT2D eigenvalue weighted by molar-refractivity contribution is 5.44. The van der Waals surface area contributed by atoms with E-state index in [9.17, 15) is 0 Å². The lowest BCUT2D eigenvalue weighted by atomic mass is 10.3. The van der Waals surface area contributed by atoms with E-state index in [1.54, 1.807) is 6.20 Å². The number of nitrogens with one attached hydrogen (secondary N) is 1. The van der Waals surface area contributed by atoms with Gasteiger partial charge in [-0.3, -0.25) is 0 Å². The summed E-state index contributed by atoms with van der Waals surface area (Å²) >= 11 is 0. The van der Waals surface area contributed by atoms with Crippen LogP contribution in [0.25, 0.3) is 0 Å². The van der Waals surface area contributed by atoms with Gasteiger partial charge in [0.05, 0.1) is 0 Å². The maximum absolute atomic E-state index is 4.31. The molecule has 0 amide bonds. The Labute approximate surface area is 128 Å². The molecule has 4 heteroatoms. The fourth-order valence-corrected chi connectivity index (χ4v) is 1.86. The van der Waals surface area contributed by atoms with Gasteiger partial charge in [-0.25, -0.2) is 9.97 Å². The molecule has 0 fully saturated rings. The van der Waals surface area contributed by atoms with Gasteiger partial charge < -0.3 is 10.2 Å². The molecule has 1 heterocycles. The Morgan fingerprint density at radius 3 is 2.48 bits per heavy atom. The SMILES string of the molecule is CC.Cc1ccnc(NCCCN(C)c2ccccc2)n1. The number of para-hydroxylation sites is 1. The van der Waals surface area contributed by atoms with Crippen molar-refractivity contribution < 1.29 is 0 Å². The van der Waals surface area contributed by atoms with Gasteiger partial charge in [-0.2, -0.15) is 0 Å².